The third-order valence-electron chi connectivity index (χ3n) is 2.55. The second-order valence-electron chi connectivity index (χ2n) is 3.90. The minimum atomic E-state index is 0.0130. The van der Waals surface area contributed by atoms with Crippen molar-refractivity contribution in [2.75, 3.05) is 6.61 Å². The monoisotopic (exact) mass is 248 g/mol. The first-order valence-electron chi connectivity index (χ1n) is 5.66. The van der Waals surface area contributed by atoms with E-state index in [9.17, 15) is 5.11 Å². The molecule has 0 fully saturated rings. The minimum Gasteiger partial charge on any atom is -0.493 e. The predicted octanol–water partition coefficient (Wildman–Crippen LogP) is 3.61. The molecule has 0 amide bonds. The first kappa shape index (κ1) is 12.1. The number of aryl methyl sites for hydroxylation is 1. The number of hydrogen-bond acceptors (Lipinski definition) is 3. The van der Waals surface area contributed by atoms with Crippen LogP contribution in [0.4, 0.5) is 0 Å². The van der Waals surface area contributed by atoms with Crippen LogP contribution in [0.5, 0.6) is 5.75 Å². The van der Waals surface area contributed by atoms with Gasteiger partial charge in [0.05, 0.1) is 13.2 Å². The van der Waals surface area contributed by atoms with Crippen LogP contribution in [0.1, 0.15) is 18.1 Å². The molecule has 1 aromatic heterocycles. The smallest absolute Gasteiger partial charge is 0.125 e. The van der Waals surface area contributed by atoms with Crippen LogP contribution in [-0.4, -0.2) is 11.7 Å². The average molecular weight is 248 g/mol. The second kappa shape index (κ2) is 5.34. The summed E-state index contributed by atoms with van der Waals surface area (Å²) >= 11 is 1.72. The lowest BCUT2D eigenvalue weighted by Crippen LogP contribution is -1.96. The van der Waals surface area contributed by atoms with Crippen molar-refractivity contribution in [2.24, 2.45) is 0 Å². The highest BCUT2D eigenvalue weighted by molar-refractivity contribution is 7.13. The van der Waals surface area contributed by atoms with Crippen molar-refractivity contribution in [1.29, 1.82) is 0 Å². The Morgan fingerprint density at radius 3 is 2.71 bits per heavy atom. The Balaban J connectivity index is 2.39. The van der Waals surface area contributed by atoms with E-state index in [0.29, 0.717) is 6.61 Å². The Morgan fingerprint density at radius 2 is 2.12 bits per heavy atom. The summed E-state index contributed by atoms with van der Waals surface area (Å²) in [6.45, 7) is 4.66. The summed E-state index contributed by atoms with van der Waals surface area (Å²) in [7, 11) is 0. The van der Waals surface area contributed by atoms with Crippen molar-refractivity contribution in [3.63, 3.8) is 0 Å². The number of aliphatic hydroxyl groups is 1. The highest BCUT2D eigenvalue weighted by atomic mass is 32.1. The number of aliphatic hydroxyl groups excluding tert-OH is 1. The highest BCUT2D eigenvalue weighted by Crippen LogP contribution is 2.31. The van der Waals surface area contributed by atoms with Gasteiger partial charge in [-0.05, 0) is 42.5 Å². The van der Waals surface area contributed by atoms with Crippen LogP contribution in [0.2, 0.25) is 0 Å². The Bertz CT molecular complexity index is 503. The lowest BCUT2D eigenvalue weighted by molar-refractivity contribution is 0.267. The molecular formula is C14H16O2S. The van der Waals surface area contributed by atoms with E-state index in [1.807, 2.05) is 25.1 Å². The van der Waals surface area contributed by atoms with Gasteiger partial charge in [-0.15, -0.1) is 11.3 Å². The molecule has 2 rings (SSSR count). The molecule has 0 aliphatic rings. The van der Waals surface area contributed by atoms with Crippen LogP contribution in [0.25, 0.3) is 10.4 Å². The SMILES string of the molecule is CCOc1cc(-c2cc(C)cs2)ccc1CO. The standard InChI is InChI=1S/C14H16O2S/c1-3-16-13-7-11(4-5-12(13)8-15)14-6-10(2)9-17-14/h4-7,9,15H,3,8H2,1-2H3. The molecule has 2 aromatic rings. The normalized spacial score (nSPS) is 10.5. The van der Waals surface area contributed by atoms with Gasteiger partial charge in [0.1, 0.15) is 5.75 Å². The topological polar surface area (TPSA) is 29.5 Å². The van der Waals surface area contributed by atoms with Crippen LogP contribution in [0, 0.1) is 6.92 Å². The molecular weight excluding hydrogens is 232 g/mol. The number of ether oxygens (including phenoxy) is 1. The quantitative estimate of drug-likeness (QED) is 0.895. The van der Waals surface area contributed by atoms with E-state index in [-0.39, 0.29) is 6.61 Å². The molecule has 2 nitrogen and oxygen atoms in total. The lowest BCUT2D eigenvalue weighted by atomic mass is 10.1. The molecule has 90 valence electrons. The zero-order valence-corrected chi connectivity index (χ0v) is 10.9. The van der Waals surface area contributed by atoms with Crippen molar-refractivity contribution in [2.45, 2.75) is 20.5 Å². The maximum atomic E-state index is 9.23. The third-order valence-corrected chi connectivity index (χ3v) is 3.65. The van der Waals surface area contributed by atoms with E-state index < -0.39 is 0 Å². The summed E-state index contributed by atoms with van der Waals surface area (Å²) in [6.07, 6.45) is 0. The molecule has 17 heavy (non-hydrogen) atoms. The number of thiophene rings is 1. The van der Waals surface area contributed by atoms with Gasteiger partial charge in [-0.2, -0.15) is 0 Å². The number of benzene rings is 1. The molecule has 0 spiro atoms. The lowest BCUT2D eigenvalue weighted by Gasteiger charge is -2.09. The van der Waals surface area contributed by atoms with Gasteiger partial charge in [0.25, 0.3) is 0 Å². The molecule has 3 heteroatoms. The van der Waals surface area contributed by atoms with Crippen molar-refractivity contribution < 1.29 is 9.84 Å². The Hall–Kier alpha value is -1.32. The zero-order valence-electron chi connectivity index (χ0n) is 10.1. The van der Waals surface area contributed by atoms with E-state index in [1.54, 1.807) is 11.3 Å². The molecule has 0 aliphatic carbocycles. The summed E-state index contributed by atoms with van der Waals surface area (Å²) in [5.41, 5.74) is 3.25. The molecule has 0 saturated heterocycles. The van der Waals surface area contributed by atoms with Crippen LogP contribution in [-0.2, 0) is 6.61 Å². The third kappa shape index (κ3) is 2.68. The summed E-state index contributed by atoms with van der Waals surface area (Å²) in [6, 6.07) is 8.11. The summed E-state index contributed by atoms with van der Waals surface area (Å²) in [5, 5.41) is 11.4. The predicted molar refractivity (Wildman–Crippen MR) is 71.6 cm³/mol. The van der Waals surface area contributed by atoms with E-state index in [2.05, 4.69) is 18.4 Å². The van der Waals surface area contributed by atoms with Crippen molar-refractivity contribution in [1.82, 2.24) is 0 Å². The van der Waals surface area contributed by atoms with Crippen LogP contribution in [0.15, 0.2) is 29.6 Å². The second-order valence-corrected chi connectivity index (χ2v) is 4.81. The van der Waals surface area contributed by atoms with Gasteiger partial charge >= 0.3 is 0 Å². The molecule has 1 aromatic carbocycles. The molecule has 0 bridgehead atoms. The number of hydrogen-bond donors (Lipinski definition) is 1. The van der Waals surface area contributed by atoms with Gasteiger partial charge in [0, 0.05) is 10.4 Å². The van der Waals surface area contributed by atoms with Crippen molar-refractivity contribution in [3.05, 3.63) is 40.8 Å². The Morgan fingerprint density at radius 1 is 1.29 bits per heavy atom. The van der Waals surface area contributed by atoms with Gasteiger partial charge in [0.2, 0.25) is 0 Å². The fourth-order valence-electron chi connectivity index (χ4n) is 1.71. The molecule has 1 N–H and O–H groups in total. The van der Waals surface area contributed by atoms with Crippen LogP contribution < -0.4 is 4.74 Å². The van der Waals surface area contributed by atoms with E-state index in [1.165, 1.54) is 10.4 Å². The Kier molecular flexibility index (Phi) is 3.82. The average Bonchev–Trinajstić information content (AvgIpc) is 2.76. The maximum absolute atomic E-state index is 9.23. The largest absolute Gasteiger partial charge is 0.493 e. The Labute approximate surface area is 105 Å². The molecule has 0 saturated carbocycles. The van der Waals surface area contributed by atoms with Gasteiger partial charge < -0.3 is 9.84 Å². The zero-order chi connectivity index (χ0) is 12.3. The molecule has 0 aliphatic heterocycles. The summed E-state index contributed by atoms with van der Waals surface area (Å²) in [4.78, 5) is 1.23. The van der Waals surface area contributed by atoms with Crippen LogP contribution in [0.3, 0.4) is 0 Å². The highest BCUT2D eigenvalue weighted by Gasteiger charge is 2.07. The summed E-state index contributed by atoms with van der Waals surface area (Å²) < 4.78 is 5.54. The van der Waals surface area contributed by atoms with Crippen LogP contribution >= 0.6 is 11.3 Å². The van der Waals surface area contributed by atoms with Crippen molar-refractivity contribution in [3.8, 4) is 16.2 Å². The number of rotatable bonds is 4. The maximum Gasteiger partial charge on any atom is 0.125 e. The fourth-order valence-corrected chi connectivity index (χ4v) is 2.61. The molecule has 1 heterocycles. The van der Waals surface area contributed by atoms with E-state index >= 15 is 0 Å². The first-order valence-corrected chi connectivity index (χ1v) is 6.54. The van der Waals surface area contributed by atoms with Gasteiger partial charge in [-0.25, -0.2) is 0 Å². The van der Waals surface area contributed by atoms with Gasteiger partial charge in [-0.3, -0.25) is 0 Å². The summed E-state index contributed by atoms with van der Waals surface area (Å²) in [5.74, 6) is 0.776. The first-order chi connectivity index (χ1) is 8.24. The van der Waals surface area contributed by atoms with Crippen molar-refractivity contribution >= 4 is 11.3 Å². The van der Waals surface area contributed by atoms with Gasteiger partial charge in [-0.1, -0.05) is 12.1 Å². The van der Waals surface area contributed by atoms with Gasteiger partial charge in [0.15, 0.2) is 0 Å². The minimum absolute atomic E-state index is 0.0130. The molecule has 0 atom stereocenters. The molecule has 0 radical (unpaired) electrons. The molecule has 0 unspecified atom stereocenters. The van der Waals surface area contributed by atoms with E-state index in [0.717, 1.165) is 16.9 Å². The van der Waals surface area contributed by atoms with E-state index in [4.69, 9.17) is 4.74 Å². The fraction of sp³-hybridized carbons (Fsp3) is 0.286.